The molecule has 38 heavy (non-hydrogen) atoms. The molecule has 7 nitrogen and oxygen atoms in total. The van der Waals surface area contributed by atoms with E-state index in [0.29, 0.717) is 16.9 Å². The van der Waals surface area contributed by atoms with Crippen molar-refractivity contribution in [2.45, 2.75) is 75.1 Å². The molecule has 3 aromatic rings. The van der Waals surface area contributed by atoms with E-state index < -0.39 is 27.8 Å². The zero-order valence-electron chi connectivity index (χ0n) is 21.9. The highest BCUT2D eigenvalue weighted by Crippen LogP contribution is 2.41. The predicted molar refractivity (Wildman–Crippen MR) is 146 cm³/mol. The number of nitrogens with one attached hydrogen (secondary N) is 2. The van der Waals surface area contributed by atoms with E-state index in [2.05, 4.69) is 22.2 Å². The molecule has 2 aliphatic rings. The van der Waals surface area contributed by atoms with Crippen LogP contribution in [-0.4, -0.2) is 31.1 Å². The van der Waals surface area contributed by atoms with Crippen LogP contribution in [0, 0.1) is 0 Å². The van der Waals surface area contributed by atoms with E-state index in [-0.39, 0.29) is 16.8 Å². The second-order valence-corrected chi connectivity index (χ2v) is 12.3. The van der Waals surface area contributed by atoms with Crippen molar-refractivity contribution in [2.75, 3.05) is 0 Å². The molecular weight excluding hydrogens is 500 g/mol. The first-order valence-corrected chi connectivity index (χ1v) is 14.6. The molecule has 0 aromatic heterocycles. The van der Waals surface area contributed by atoms with Gasteiger partial charge < -0.3 is 15.2 Å². The summed E-state index contributed by atoms with van der Waals surface area (Å²) in [5.41, 5.74) is 3.14. The molecule has 0 saturated carbocycles. The Bertz CT molecular complexity index is 1450. The van der Waals surface area contributed by atoms with Crippen LogP contribution in [0.4, 0.5) is 0 Å². The Labute approximate surface area is 224 Å². The van der Waals surface area contributed by atoms with Gasteiger partial charge in [0.1, 0.15) is 17.5 Å². The van der Waals surface area contributed by atoms with Crippen LogP contribution in [0.5, 0.6) is 5.75 Å². The zero-order valence-corrected chi connectivity index (χ0v) is 22.7. The van der Waals surface area contributed by atoms with Gasteiger partial charge in [0.25, 0.3) is 5.91 Å². The number of hydrogen-bond donors (Lipinski definition) is 3. The van der Waals surface area contributed by atoms with Crippen molar-refractivity contribution in [3.8, 4) is 5.75 Å². The Morgan fingerprint density at radius 3 is 2.53 bits per heavy atom. The van der Waals surface area contributed by atoms with Crippen LogP contribution in [0.1, 0.15) is 78.3 Å². The standard InChI is InChI=1S/C30H34N2O5S/c1-4-19-12-15-22(16-13-19)38(35,36)32-27-24-18-21(14-17-26(24)37-30(2,3)28(27)33)29(34)31-25-11-7-9-20-8-5-6-10-23(20)25/h5-6,8,10,12-18,25,27-28,32-33H,4,7,9,11H2,1-3H3,(H,31,34)/t25?,27-,28+/m1/s1. The van der Waals surface area contributed by atoms with Crippen molar-refractivity contribution in [3.63, 3.8) is 0 Å². The average Bonchev–Trinajstić information content (AvgIpc) is 2.91. The summed E-state index contributed by atoms with van der Waals surface area (Å²) in [7, 11) is -3.97. The van der Waals surface area contributed by atoms with E-state index in [0.717, 1.165) is 36.8 Å². The molecule has 8 heteroatoms. The first-order chi connectivity index (χ1) is 18.1. The summed E-state index contributed by atoms with van der Waals surface area (Å²) < 4.78 is 35.4. The molecule has 0 radical (unpaired) electrons. The zero-order chi connectivity index (χ0) is 27.1. The van der Waals surface area contributed by atoms with Crippen molar-refractivity contribution in [1.29, 1.82) is 0 Å². The summed E-state index contributed by atoms with van der Waals surface area (Å²) in [5.74, 6) is 0.166. The number of aryl methyl sites for hydroxylation is 2. The monoisotopic (exact) mass is 534 g/mol. The second-order valence-electron chi connectivity index (χ2n) is 10.6. The summed E-state index contributed by atoms with van der Waals surface area (Å²) in [4.78, 5) is 13.4. The number of carbonyl (C=O) groups is 1. The minimum Gasteiger partial charge on any atom is -0.485 e. The lowest BCUT2D eigenvalue weighted by Gasteiger charge is -2.42. The fourth-order valence-electron chi connectivity index (χ4n) is 5.35. The molecule has 5 rings (SSSR count). The van der Waals surface area contributed by atoms with Gasteiger partial charge in [-0.3, -0.25) is 4.79 Å². The van der Waals surface area contributed by atoms with Crippen LogP contribution in [0.3, 0.4) is 0 Å². The number of benzene rings is 3. The Morgan fingerprint density at radius 1 is 1.05 bits per heavy atom. The maximum atomic E-state index is 13.3. The number of aliphatic hydroxyl groups is 1. The number of rotatable bonds is 6. The smallest absolute Gasteiger partial charge is 0.251 e. The normalized spacial score (nSPS) is 22.1. The van der Waals surface area contributed by atoms with Gasteiger partial charge in [-0.05, 0) is 86.6 Å². The highest BCUT2D eigenvalue weighted by atomic mass is 32.2. The van der Waals surface area contributed by atoms with Crippen LogP contribution < -0.4 is 14.8 Å². The summed E-state index contributed by atoms with van der Waals surface area (Å²) in [5, 5.41) is 14.3. The largest absolute Gasteiger partial charge is 0.485 e. The summed E-state index contributed by atoms with van der Waals surface area (Å²) in [6.45, 7) is 5.41. The Kier molecular flexibility index (Phi) is 7.07. The van der Waals surface area contributed by atoms with Crippen LogP contribution in [-0.2, 0) is 22.9 Å². The minimum atomic E-state index is -3.97. The van der Waals surface area contributed by atoms with E-state index in [1.54, 1.807) is 56.3 Å². The maximum absolute atomic E-state index is 13.3. The van der Waals surface area contributed by atoms with Gasteiger partial charge >= 0.3 is 0 Å². The van der Waals surface area contributed by atoms with E-state index in [9.17, 15) is 18.3 Å². The van der Waals surface area contributed by atoms with Crippen molar-refractivity contribution in [3.05, 3.63) is 94.5 Å². The first kappa shape index (κ1) is 26.4. The molecule has 0 fully saturated rings. The number of fused-ring (bicyclic) bond motifs is 2. The summed E-state index contributed by atoms with van der Waals surface area (Å²) in [6.07, 6.45) is 2.44. The Morgan fingerprint density at radius 2 is 1.79 bits per heavy atom. The molecule has 3 N–H and O–H groups in total. The molecule has 3 atom stereocenters. The van der Waals surface area contributed by atoms with E-state index in [1.165, 1.54) is 5.56 Å². The van der Waals surface area contributed by atoms with E-state index in [1.807, 2.05) is 19.1 Å². The van der Waals surface area contributed by atoms with Crippen molar-refractivity contribution in [1.82, 2.24) is 10.0 Å². The Balaban J connectivity index is 1.45. The summed E-state index contributed by atoms with van der Waals surface area (Å²) >= 11 is 0. The molecule has 1 aliphatic heterocycles. The molecule has 1 heterocycles. The predicted octanol–water partition coefficient (Wildman–Crippen LogP) is 4.61. The SMILES string of the molecule is CCc1ccc(S(=O)(=O)N[C@@H]2c3cc(C(=O)NC4CCCc5ccccc54)ccc3OC(C)(C)[C@H]2O)cc1. The lowest BCUT2D eigenvalue weighted by molar-refractivity contribution is -0.0603. The third-order valence-corrected chi connectivity index (χ3v) is 9.06. The molecule has 200 valence electrons. The Hall–Kier alpha value is -3.20. The molecule has 1 amide bonds. The van der Waals surface area contributed by atoms with Crippen molar-refractivity contribution in [2.24, 2.45) is 0 Å². The topological polar surface area (TPSA) is 105 Å². The number of sulfonamides is 1. The van der Waals surface area contributed by atoms with Gasteiger partial charge in [0.15, 0.2) is 0 Å². The lowest BCUT2D eigenvalue weighted by atomic mass is 9.86. The minimum absolute atomic E-state index is 0.0929. The third-order valence-electron chi connectivity index (χ3n) is 7.61. The number of ether oxygens (including phenoxy) is 1. The fourth-order valence-corrected chi connectivity index (χ4v) is 6.57. The van der Waals surface area contributed by atoms with Crippen LogP contribution in [0.2, 0.25) is 0 Å². The molecular formula is C30H34N2O5S. The highest BCUT2D eigenvalue weighted by Gasteiger charge is 2.45. The lowest BCUT2D eigenvalue weighted by Crippen LogP contribution is -2.53. The average molecular weight is 535 g/mol. The first-order valence-electron chi connectivity index (χ1n) is 13.1. The van der Waals surface area contributed by atoms with Gasteiger partial charge in [0, 0.05) is 11.1 Å². The third kappa shape index (κ3) is 5.08. The molecule has 1 aliphatic carbocycles. The fraction of sp³-hybridized carbons (Fsp3) is 0.367. The van der Waals surface area contributed by atoms with Crippen molar-refractivity contribution >= 4 is 15.9 Å². The molecule has 0 spiro atoms. The summed E-state index contributed by atoms with van der Waals surface area (Å²) in [6, 6.07) is 18.7. The van der Waals surface area contributed by atoms with Crippen LogP contribution >= 0.6 is 0 Å². The number of amides is 1. The van der Waals surface area contributed by atoms with Crippen molar-refractivity contribution < 1.29 is 23.1 Å². The second kappa shape index (κ2) is 10.2. The van der Waals surface area contributed by atoms with E-state index in [4.69, 9.17) is 4.74 Å². The van der Waals surface area contributed by atoms with Crippen LogP contribution in [0.25, 0.3) is 0 Å². The van der Waals surface area contributed by atoms with Gasteiger partial charge in [0.05, 0.1) is 17.0 Å². The van der Waals surface area contributed by atoms with Gasteiger partial charge in [0.2, 0.25) is 10.0 Å². The number of carbonyl (C=O) groups excluding carboxylic acids is 1. The maximum Gasteiger partial charge on any atom is 0.251 e. The molecule has 1 unspecified atom stereocenters. The number of aliphatic hydroxyl groups excluding tert-OH is 1. The molecule has 3 aromatic carbocycles. The molecule has 0 saturated heterocycles. The van der Waals surface area contributed by atoms with Gasteiger partial charge in [-0.2, -0.15) is 0 Å². The van der Waals surface area contributed by atoms with E-state index >= 15 is 0 Å². The molecule has 0 bridgehead atoms. The van der Waals surface area contributed by atoms with Gasteiger partial charge in [-0.1, -0.05) is 43.3 Å². The quantitative estimate of drug-likeness (QED) is 0.429. The number of hydrogen-bond acceptors (Lipinski definition) is 5. The van der Waals surface area contributed by atoms with Gasteiger partial charge in [-0.15, -0.1) is 0 Å². The van der Waals surface area contributed by atoms with Gasteiger partial charge in [-0.25, -0.2) is 13.1 Å². The van der Waals surface area contributed by atoms with Crippen LogP contribution in [0.15, 0.2) is 71.6 Å². The highest BCUT2D eigenvalue weighted by molar-refractivity contribution is 7.89.